The third-order valence-corrected chi connectivity index (χ3v) is 6.83. The minimum atomic E-state index is -4.63. The van der Waals surface area contributed by atoms with Crippen LogP contribution < -0.4 is 20.7 Å². The summed E-state index contributed by atoms with van der Waals surface area (Å²) in [6.07, 6.45) is 0.548. The number of anilines is 3. The molecule has 3 heterocycles. The fraction of sp³-hybridized carbons (Fsp3) is 0.138. The monoisotopic (exact) mass is 591 g/mol. The molecule has 0 atom stereocenters. The van der Waals surface area contributed by atoms with Gasteiger partial charge in [0.15, 0.2) is 5.13 Å². The normalized spacial score (nSPS) is 11.2. The summed E-state index contributed by atoms with van der Waals surface area (Å²) in [6, 6.07) is 14.5. The lowest BCUT2D eigenvalue weighted by Gasteiger charge is -2.15. The zero-order valence-corrected chi connectivity index (χ0v) is 23.2. The lowest BCUT2D eigenvalue weighted by atomic mass is 10.1. The molecule has 0 aliphatic carbocycles. The minimum absolute atomic E-state index is 0.0461. The van der Waals surface area contributed by atoms with Crippen molar-refractivity contribution < 1.29 is 22.7 Å². The number of nitrogens with one attached hydrogen (secondary N) is 3. The first-order chi connectivity index (χ1) is 20.2. The van der Waals surface area contributed by atoms with E-state index in [1.807, 2.05) is 32.0 Å². The predicted octanol–water partition coefficient (Wildman–Crippen LogP) is 7.86. The highest BCUT2D eigenvalue weighted by Gasteiger charge is 2.32. The number of ether oxygens (including phenoxy) is 1. The lowest BCUT2D eigenvalue weighted by molar-refractivity contribution is -0.137. The van der Waals surface area contributed by atoms with Crippen molar-refractivity contribution in [3.8, 4) is 33.5 Å². The summed E-state index contributed by atoms with van der Waals surface area (Å²) in [4.78, 5) is 30.3. The Balaban J connectivity index is 1.25. The topological polar surface area (TPSA) is 114 Å². The fourth-order valence-electron chi connectivity index (χ4n) is 3.89. The Hall–Kier alpha value is -5.04. The maximum Gasteiger partial charge on any atom is 0.417 e. The standard InChI is InChI=1S/C29H24F3N7O2S/c1-3-33-28-37-16-24(42-28)18-7-9-22(10-8-18)41-27-35-14-21(15-36-27)38-26(40)39-23-12-20(29(30,31)32)13-34-25(23)19-6-4-5-17(2)11-19/h4-16H,3H2,1-2H3,(H,33,37)(H2,38,39,40). The van der Waals surface area contributed by atoms with Crippen molar-refractivity contribution in [3.63, 3.8) is 0 Å². The lowest BCUT2D eigenvalue weighted by Crippen LogP contribution is -2.21. The van der Waals surface area contributed by atoms with E-state index in [1.165, 1.54) is 12.4 Å². The number of rotatable bonds is 8. The summed E-state index contributed by atoms with van der Waals surface area (Å²) in [7, 11) is 0. The Kier molecular flexibility index (Phi) is 8.29. The molecular weight excluding hydrogens is 567 g/mol. The predicted molar refractivity (Wildman–Crippen MR) is 156 cm³/mol. The van der Waals surface area contributed by atoms with Gasteiger partial charge in [0.1, 0.15) is 5.75 Å². The first-order valence-corrected chi connectivity index (χ1v) is 13.5. The highest BCUT2D eigenvalue weighted by Crippen LogP contribution is 2.35. The summed E-state index contributed by atoms with van der Waals surface area (Å²) in [6.45, 7) is 4.65. The van der Waals surface area contributed by atoms with Gasteiger partial charge >= 0.3 is 18.2 Å². The summed E-state index contributed by atoms with van der Waals surface area (Å²) in [5.74, 6) is 0.509. The Labute approximate surface area is 242 Å². The number of nitrogens with zero attached hydrogens (tertiary/aromatic N) is 4. The number of hydrogen-bond donors (Lipinski definition) is 3. The van der Waals surface area contributed by atoms with Crippen LogP contribution in [0.1, 0.15) is 18.1 Å². The maximum absolute atomic E-state index is 13.4. The van der Waals surface area contributed by atoms with Gasteiger partial charge in [-0.2, -0.15) is 13.2 Å². The Morgan fingerprint density at radius 1 is 0.905 bits per heavy atom. The highest BCUT2D eigenvalue weighted by atomic mass is 32.1. The van der Waals surface area contributed by atoms with Crippen molar-refractivity contribution in [1.29, 1.82) is 0 Å². The number of thiazole rings is 1. The van der Waals surface area contributed by atoms with Crippen LogP contribution in [0.5, 0.6) is 11.8 Å². The molecule has 2 amide bonds. The number of benzene rings is 2. The van der Waals surface area contributed by atoms with Crippen molar-refractivity contribution in [2.24, 2.45) is 0 Å². The molecule has 3 aromatic heterocycles. The molecule has 0 aliphatic rings. The molecule has 0 saturated carbocycles. The van der Waals surface area contributed by atoms with Crippen LogP contribution in [0.25, 0.3) is 21.7 Å². The number of hydrogen-bond acceptors (Lipinski definition) is 8. The van der Waals surface area contributed by atoms with Gasteiger partial charge in [0.25, 0.3) is 0 Å². The number of alkyl halides is 3. The largest absolute Gasteiger partial charge is 0.424 e. The summed E-state index contributed by atoms with van der Waals surface area (Å²) in [5, 5.41) is 9.01. The van der Waals surface area contributed by atoms with Crippen molar-refractivity contribution in [1.82, 2.24) is 19.9 Å². The molecule has 5 rings (SSSR count). The Morgan fingerprint density at radius 2 is 1.67 bits per heavy atom. The summed E-state index contributed by atoms with van der Waals surface area (Å²) >= 11 is 1.55. The van der Waals surface area contributed by atoms with E-state index in [0.29, 0.717) is 11.3 Å². The fourth-order valence-corrected chi connectivity index (χ4v) is 4.78. The molecule has 5 aromatic rings. The van der Waals surface area contributed by atoms with E-state index < -0.39 is 17.8 Å². The van der Waals surface area contributed by atoms with Crippen LogP contribution in [-0.2, 0) is 6.18 Å². The van der Waals surface area contributed by atoms with E-state index >= 15 is 0 Å². The number of carbonyl (C=O) groups excluding carboxylic acids is 1. The van der Waals surface area contributed by atoms with Gasteiger partial charge in [-0.3, -0.25) is 4.98 Å². The number of aryl methyl sites for hydroxylation is 1. The van der Waals surface area contributed by atoms with Gasteiger partial charge < -0.3 is 20.7 Å². The van der Waals surface area contributed by atoms with Gasteiger partial charge in [-0.15, -0.1) is 0 Å². The average Bonchev–Trinajstić information content (AvgIpc) is 3.43. The van der Waals surface area contributed by atoms with Crippen LogP contribution in [0, 0.1) is 6.92 Å². The molecule has 3 N–H and O–H groups in total. The number of amides is 2. The molecule has 0 unspecified atom stereocenters. The molecule has 0 radical (unpaired) electrons. The average molecular weight is 592 g/mol. The smallest absolute Gasteiger partial charge is 0.417 e. The van der Waals surface area contributed by atoms with E-state index in [0.717, 1.165) is 39.9 Å². The number of carbonyl (C=O) groups is 1. The van der Waals surface area contributed by atoms with E-state index in [2.05, 4.69) is 35.9 Å². The van der Waals surface area contributed by atoms with E-state index in [4.69, 9.17) is 4.74 Å². The van der Waals surface area contributed by atoms with E-state index in [-0.39, 0.29) is 23.1 Å². The van der Waals surface area contributed by atoms with Crippen LogP contribution in [0.3, 0.4) is 0 Å². The molecular formula is C29H24F3N7O2S. The van der Waals surface area contributed by atoms with Gasteiger partial charge in [-0.1, -0.05) is 35.1 Å². The minimum Gasteiger partial charge on any atom is -0.424 e. The molecule has 0 fully saturated rings. The third-order valence-electron chi connectivity index (χ3n) is 5.82. The molecule has 0 aliphatic heterocycles. The first kappa shape index (κ1) is 28.5. The third kappa shape index (κ3) is 6.99. The molecule has 0 spiro atoms. The Morgan fingerprint density at radius 3 is 2.36 bits per heavy atom. The van der Waals surface area contributed by atoms with E-state index in [1.54, 1.807) is 47.9 Å². The van der Waals surface area contributed by atoms with Crippen LogP contribution >= 0.6 is 11.3 Å². The summed E-state index contributed by atoms with van der Waals surface area (Å²) in [5.41, 5.74) is 1.73. The van der Waals surface area contributed by atoms with Crippen molar-refractivity contribution in [2.45, 2.75) is 20.0 Å². The molecule has 13 heteroatoms. The Bertz CT molecular complexity index is 1690. The van der Waals surface area contributed by atoms with Crippen molar-refractivity contribution >= 4 is 33.9 Å². The zero-order chi connectivity index (χ0) is 29.7. The molecule has 42 heavy (non-hydrogen) atoms. The second-order valence-electron chi connectivity index (χ2n) is 9.01. The van der Waals surface area contributed by atoms with E-state index in [9.17, 15) is 18.0 Å². The number of halogens is 3. The number of urea groups is 1. The molecule has 0 bridgehead atoms. The van der Waals surface area contributed by atoms with Crippen molar-refractivity contribution in [3.05, 3.63) is 90.5 Å². The first-order valence-electron chi connectivity index (χ1n) is 12.7. The SMILES string of the molecule is CCNc1ncc(-c2ccc(Oc3ncc(NC(=O)Nc4cc(C(F)(F)F)cnc4-c4cccc(C)c4)cn3)cc2)s1. The second-order valence-corrected chi connectivity index (χ2v) is 10.0. The van der Waals surface area contributed by atoms with Gasteiger partial charge in [-0.05, 0) is 55.8 Å². The van der Waals surface area contributed by atoms with Crippen LogP contribution in [0.2, 0.25) is 0 Å². The number of aromatic nitrogens is 4. The van der Waals surface area contributed by atoms with Crippen LogP contribution in [-0.4, -0.2) is 32.5 Å². The van der Waals surface area contributed by atoms with Gasteiger partial charge in [0, 0.05) is 24.5 Å². The second kappa shape index (κ2) is 12.2. The molecule has 9 nitrogen and oxygen atoms in total. The van der Waals surface area contributed by atoms with Crippen molar-refractivity contribution in [2.75, 3.05) is 22.5 Å². The zero-order valence-electron chi connectivity index (χ0n) is 22.4. The highest BCUT2D eigenvalue weighted by molar-refractivity contribution is 7.18. The molecule has 0 saturated heterocycles. The van der Waals surface area contributed by atoms with Gasteiger partial charge in [0.05, 0.1) is 39.9 Å². The summed E-state index contributed by atoms with van der Waals surface area (Å²) < 4.78 is 45.8. The number of pyridine rings is 1. The quantitative estimate of drug-likeness (QED) is 0.168. The molecule has 2 aromatic carbocycles. The maximum atomic E-state index is 13.4. The van der Waals surface area contributed by atoms with Crippen LogP contribution in [0.15, 0.2) is 79.4 Å². The molecule has 214 valence electrons. The van der Waals surface area contributed by atoms with Crippen LogP contribution in [0.4, 0.5) is 34.5 Å². The van der Waals surface area contributed by atoms with Gasteiger partial charge in [0.2, 0.25) is 0 Å². The van der Waals surface area contributed by atoms with Gasteiger partial charge in [-0.25, -0.2) is 19.7 Å².